The van der Waals surface area contributed by atoms with E-state index in [-0.39, 0.29) is 11.8 Å². The molecule has 0 aliphatic carbocycles. The first-order valence-corrected chi connectivity index (χ1v) is 11.4. The van der Waals surface area contributed by atoms with Crippen molar-refractivity contribution in [3.63, 3.8) is 0 Å². The highest BCUT2D eigenvalue weighted by Gasteiger charge is 2.38. The number of nitrogens with zero attached hydrogens (tertiary/aromatic N) is 2. The molecular formula is C27H24ClN3O2. The van der Waals surface area contributed by atoms with Crippen LogP contribution in [0.5, 0.6) is 0 Å². The van der Waals surface area contributed by atoms with Crippen molar-refractivity contribution in [2.45, 2.75) is 19.0 Å². The van der Waals surface area contributed by atoms with Gasteiger partial charge in [-0.25, -0.2) is 0 Å². The average molecular weight is 458 g/mol. The van der Waals surface area contributed by atoms with E-state index in [4.69, 9.17) is 11.6 Å². The highest BCUT2D eigenvalue weighted by Crippen LogP contribution is 2.23. The molecule has 3 aromatic carbocycles. The first kappa shape index (κ1) is 21.3. The maximum Gasteiger partial charge on any atom is 0.271 e. The molecule has 0 unspecified atom stereocenters. The lowest BCUT2D eigenvalue weighted by atomic mass is 10.00. The molecule has 0 spiro atoms. The number of rotatable bonds is 5. The molecule has 2 heterocycles. The van der Waals surface area contributed by atoms with Crippen molar-refractivity contribution in [1.82, 2.24) is 14.8 Å². The highest BCUT2D eigenvalue weighted by molar-refractivity contribution is 6.30. The summed E-state index contributed by atoms with van der Waals surface area (Å²) in [5.74, 6) is -0.184. The predicted octanol–water partition coefficient (Wildman–Crippen LogP) is 4.92. The van der Waals surface area contributed by atoms with E-state index < -0.39 is 6.04 Å². The predicted molar refractivity (Wildman–Crippen MR) is 130 cm³/mol. The lowest BCUT2D eigenvalue weighted by molar-refractivity contribution is -0.140. The quantitative estimate of drug-likeness (QED) is 0.462. The van der Waals surface area contributed by atoms with E-state index in [9.17, 15) is 9.59 Å². The van der Waals surface area contributed by atoms with Crippen LogP contribution >= 0.6 is 11.6 Å². The summed E-state index contributed by atoms with van der Waals surface area (Å²) in [6, 6.07) is 26.5. The molecule has 6 heteroatoms. The number of benzene rings is 3. The lowest BCUT2D eigenvalue weighted by Gasteiger charge is -2.40. The fourth-order valence-electron chi connectivity index (χ4n) is 4.43. The van der Waals surface area contributed by atoms with E-state index in [1.54, 1.807) is 4.90 Å². The van der Waals surface area contributed by atoms with Gasteiger partial charge < -0.3 is 14.8 Å². The summed E-state index contributed by atoms with van der Waals surface area (Å²) in [7, 11) is 0. The van der Waals surface area contributed by atoms with Crippen LogP contribution in [-0.4, -0.2) is 45.7 Å². The van der Waals surface area contributed by atoms with Crippen molar-refractivity contribution >= 4 is 34.3 Å². The van der Waals surface area contributed by atoms with Gasteiger partial charge in [0.1, 0.15) is 11.7 Å². The van der Waals surface area contributed by atoms with Gasteiger partial charge in [0.25, 0.3) is 5.91 Å². The van der Waals surface area contributed by atoms with Gasteiger partial charge in [-0.2, -0.15) is 0 Å². The summed E-state index contributed by atoms with van der Waals surface area (Å²) in [4.78, 5) is 33.9. The van der Waals surface area contributed by atoms with Crippen LogP contribution in [0.2, 0.25) is 5.02 Å². The standard InChI is InChI=1S/C27H24ClN3O2/c28-22-12-10-20(11-13-22)18-30-14-15-31(25(27(30)33)16-19-6-2-1-3-7-19)26(32)24-17-21-8-4-5-9-23(21)29-24/h1-13,17,25,29H,14-16,18H2/t25-/m0/s1. The normalized spacial score (nSPS) is 16.4. The summed E-state index contributed by atoms with van der Waals surface area (Å²) < 4.78 is 0. The number of para-hydroxylation sites is 1. The van der Waals surface area contributed by atoms with Gasteiger partial charge in [0.2, 0.25) is 5.91 Å². The van der Waals surface area contributed by atoms with Crippen LogP contribution < -0.4 is 0 Å². The van der Waals surface area contributed by atoms with Crippen LogP contribution in [0.3, 0.4) is 0 Å². The van der Waals surface area contributed by atoms with Crippen molar-refractivity contribution in [2.75, 3.05) is 13.1 Å². The van der Waals surface area contributed by atoms with Crippen LogP contribution in [0, 0.1) is 0 Å². The zero-order valence-electron chi connectivity index (χ0n) is 18.1. The van der Waals surface area contributed by atoms with E-state index in [1.165, 1.54) is 0 Å². The number of amides is 2. The third kappa shape index (κ3) is 4.50. The van der Waals surface area contributed by atoms with Gasteiger partial charge in [-0.05, 0) is 35.4 Å². The number of halogens is 1. The van der Waals surface area contributed by atoms with Crippen LogP contribution in [0.25, 0.3) is 10.9 Å². The molecule has 4 aromatic rings. The number of piperazine rings is 1. The summed E-state index contributed by atoms with van der Waals surface area (Å²) in [6.07, 6.45) is 0.475. The maximum absolute atomic E-state index is 13.6. The molecule has 0 bridgehead atoms. The Labute approximate surface area is 197 Å². The number of aromatic nitrogens is 1. The Morgan fingerprint density at radius 3 is 2.39 bits per heavy atom. The van der Waals surface area contributed by atoms with Crippen LogP contribution in [0.15, 0.2) is 84.9 Å². The SMILES string of the molecule is O=C1[C@H](Cc2ccccc2)N(C(=O)c2cc3ccccc3[nH]2)CCN1Cc1ccc(Cl)cc1. The van der Waals surface area contributed by atoms with Crippen LogP contribution in [0.1, 0.15) is 21.6 Å². The molecular weight excluding hydrogens is 434 g/mol. The maximum atomic E-state index is 13.6. The average Bonchev–Trinajstić information content (AvgIpc) is 3.28. The minimum absolute atomic E-state index is 0.0375. The van der Waals surface area contributed by atoms with E-state index in [1.807, 2.05) is 89.8 Å². The second-order valence-electron chi connectivity index (χ2n) is 8.36. The van der Waals surface area contributed by atoms with Gasteiger partial charge >= 0.3 is 0 Å². The number of aromatic amines is 1. The molecule has 0 radical (unpaired) electrons. The van der Waals surface area contributed by atoms with Crippen LogP contribution in [0.4, 0.5) is 0 Å². The third-order valence-electron chi connectivity index (χ3n) is 6.16. The second kappa shape index (κ2) is 9.12. The Balaban J connectivity index is 1.43. The van der Waals surface area contributed by atoms with Gasteiger partial charge in [-0.3, -0.25) is 9.59 Å². The summed E-state index contributed by atoms with van der Waals surface area (Å²) in [6.45, 7) is 1.46. The first-order valence-electron chi connectivity index (χ1n) is 11.0. The van der Waals surface area contributed by atoms with E-state index in [0.717, 1.165) is 22.0 Å². The number of carbonyl (C=O) groups excluding carboxylic acids is 2. The number of H-pyrrole nitrogens is 1. The Bertz CT molecular complexity index is 1250. The van der Waals surface area contributed by atoms with Gasteiger partial charge in [0, 0.05) is 42.0 Å². The van der Waals surface area contributed by atoms with E-state index in [2.05, 4.69) is 4.98 Å². The molecule has 1 aliphatic heterocycles. The van der Waals surface area contributed by atoms with Crippen molar-refractivity contribution in [3.8, 4) is 0 Å². The van der Waals surface area contributed by atoms with Crippen molar-refractivity contribution in [1.29, 1.82) is 0 Å². The van der Waals surface area contributed by atoms with Gasteiger partial charge in [0.05, 0.1) is 0 Å². The largest absolute Gasteiger partial charge is 0.351 e. The molecule has 5 nitrogen and oxygen atoms in total. The molecule has 1 fully saturated rings. The molecule has 1 aliphatic rings. The number of fused-ring (bicyclic) bond motifs is 1. The molecule has 1 aromatic heterocycles. The summed E-state index contributed by atoms with van der Waals surface area (Å²) in [5, 5.41) is 1.65. The number of hydrogen-bond acceptors (Lipinski definition) is 2. The molecule has 0 saturated carbocycles. The van der Waals surface area contributed by atoms with Crippen molar-refractivity contribution in [3.05, 3.63) is 107 Å². The summed E-state index contributed by atoms with van der Waals surface area (Å²) in [5.41, 5.74) is 3.46. The van der Waals surface area contributed by atoms with Crippen LogP contribution in [-0.2, 0) is 17.8 Å². The Morgan fingerprint density at radius 2 is 1.64 bits per heavy atom. The minimum Gasteiger partial charge on any atom is -0.351 e. The van der Waals surface area contributed by atoms with Gasteiger partial charge in [-0.1, -0.05) is 72.3 Å². The van der Waals surface area contributed by atoms with Crippen molar-refractivity contribution in [2.24, 2.45) is 0 Å². The fourth-order valence-corrected chi connectivity index (χ4v) is 4.55. The number of carbonyl (C=O) groups is 2. The minimum atomic E-state index is -0.563. The molecule has 2 amide bonds. The van der Waals surface area contributed by atoms with Gasteiger partial charge in [-0.15, -0.1) is 0 Å². The highest BCUT2D eigenvalue weighted by atomic mass is 35.5. The van der Waals surface area contributed by atoms with Gasteiger partial charge in [0.15, 0.2) is 0 Å². The third-order valence-corrected chi connectivity index (χ3v) is 6.42. The molecule has 33 heavy (non-hydrogen) atoms. The first-order chi connectivity index (χ1) is 16.1. The molecule has 166 valence electrons. The lowest BCUT2D eigenvalue weighted by Crippen LogP contribution is -2.59. The molecule has 1 saturated heterocycles. The fraction of sp³-hybridized carbons (Fsp3) is 0.185. The van der Waals surface area contributed by atoms with E-state index >= 15 is 0 Å². The van der Waals surface area contributed by atoms with E-state index in [0.29, 0.717) is 36.8 Å². The summed E-state index contributed by atoms with van der Waals surface area (Å²) >= 11 is 6.01. The number of hydrogen-bond donors (Lipinski definition) is 1. The zero-order chi connectivity index (χ0) is 22.8. The van der Waals surface area contributed by atoms with Crippen molar-refractivity contribution < 1.29 is 9.59 Å². The Hall–Kier alpha value is -3.57. The molecule has 1 N–H and O–H groups in total. The Kier molecular flexibility index (Phi) is 5.88. The second-order valence-corrected chi connectivity index (χ2v) is 8.80. The number of nitrogens with one attached hydrogen (secondary N) is 1. The zero-order valence-corrected chi connectivity index (χ0v) is 18.8. The monoisotopic (exact) mass is 457 g/mol. The smallest absolute Gasteiger partial charge is 0.271 e. The molecule has 1 atom stereocenters. The topological polar surface area (TPSA) is 56.4 Å². The Morgan fingerprint density at radius 1 is 0.909 bits per heavy atom. The molecule has 5 rings (SSSR count).